The lowest BCUT2D eigenvalue weighted by Gasteiger charge is -2.16. The average Bonchev–Trinajstić information content (AvgIpc) is 3.27. The molecule has 0 unspecified atom stereocenters. The molecule has 0 aliphatic carbocycles. The van der Waals surface area contributed by atoms with Gasteiger partial charge in [0.1, 0.15) is 18.7 Å². The van der Waals surface area contributed by atoms with E-state index in [0.29, 0.717) is 16.4 Å². The number of rotatable bonds is 4. The van der Waals surface area contributed by atoms with Gasteiger partial charge in [-0.25, -0.2) is 14.6 Å². The van der Waals surface area contributed by atoms with Crippen LogP contribution in [0.5, 0.6) is 0 Å². The zero-order valence-electron chi connectivity index (χ0n) is 13.5. The van der Waals surface area contributed by atoms with Gasteiger partial charge in [0.15, 0.2) is 5.65 Å². The molecule has 0 radical (unpaired) electrons. The third-order valence-electron chi connectivity index (χ3n) is 4.26. The standard InChI is InChI=1S/C17H17ClN6O/c18-13-5-1-2-6-14(13)22-15(25)10-24-17-12(9-21-24)16(19-11-20-17)23-7-3-4-8-23/h1-2,5-6,9,11H,3-4,7-8,10H2,(H,22,25). The summed E-state index contributed by atoms with van der Waals surface area (Å²) in [6.07, 6.45) is 5.59. The van der Waals surface area contributed by atoms with E-state index in [2.05, 4.69) is 25.3 Å². The number of nitrogens with zero attached hydrogens (tertiary/aromatic N) is 5. The van der Waals surface area contributed by atoms with Crippen LogP contribution >= 0.6 is 11.6 Å². The first-order chi connectivity index (χ1) is 12.2. The number of amides is 1. The fourth-order valence-electron chi connectivity index (χ4n) is 3.07. The van der Waals surface area contributed by atoms with Gasteiger partial charge < -0.3 is 10.2 Å². The van der Waals surface area contributed by atoms with Gasteiger partial charge in [-0.15, -0.1) is 0 Å². The molecule has 4 rings (SSSR count). The van der Waals surface area contributed by atoms with Crippen LogP contribution in [0.2, 0.25) is 5.02 Å². The van der Waals surface area contributed by atoms with E-state index in [1.54, 1.807) is 23.0 Å². The van der Waals surface area contributed by atoms with E-state index in [9.17, 15) is 4.79 Å². The molecule has 8 heteroatoms. The van der Waals surface area contributed by atoms with Gasteiger partial charge in [0.05, 0.1) is 22.3 Å². The van der Waals surface area contributed by atoms with Crippen molar-refractivity contribution in [1.82, 2.24) is 19.7 Å². The van der Waals surface area contributed by atoms with Gasteiger partial charge in [0.25, 0.3) is 0 Å². The largest absolute Gasteiger partial charge is 0.356 e. The van der Waals surface area contributed by atoms with E-state index < -0.39 is 0 Å². The smallest absolute Gasteiger partial charge is 0.246 e. The minimum absolute atomic E-state index is 0.0607. The number of fused-ring (bicyclic) bond motifs is 1. The molecule has 1 aromatic carbocycles. The minimum Gasteiger partial charge on any atom is -0.356 e. The summed E-state index contributed by atoms with van der Waals surface area (Å²) in [7, 11) is 0. The highest BCUT2D eigenvalue weighted by atomic mass is 35.5. The Morgan fingerprint density at radius 2 is 2.00 bits per heavy atom. The molecule has 0 saturated carbocycles. The molecular weight excluding hydrogens is 340 g/mol. The second-order valence-electron chi connectivity index (χ2n) is 5.96. The summed E-state index contributed by atoms with van der Waals surface area (Å²) < 4.78 is 1.59. The molecule has 25 heavy (non-hydrogen) atoms. The second kappa shape index (κ2) is 6.68. The van der Waals surface area contributed by atoms with Gasteiger partial charge in [0, 0.05) is 13.1 Å². The minimum atomic E-state index is -0.209. The van der Waals surface area contributed by atoms with E-state index in [0.717, 1.165) is 24.3 Å². The summed E-state index contributed by atoms with van der Waals surface area (Å²) >= 11 is 6.08. The van der Waals surface area contributed by atoms with Crippen LogP contribution in [-0.2, 0) is 11.3 Å². The van der Waals surface area contributed by atoms with Crippen molar-refractivity contribution in [3.8, 4) is 0 Å². The summed E-state index contributed by atoms with van der Waals surface area (Å²) in [5.41, 5.74) is 1.24. The van der Waals surface area contributed by atoms with Gasteiger partial charge in [-0.3, -0.25) is 4.79 Å². The molecule has 3 heterocycles. The molecule has 0 spiro atoms. The maximum atomic E-state index is 12.3. The number of carbonyl (C=O) groups excluding carboxylic acids is 1. The molecular formula is C17H17ClN6O. The third kappa shape index (κ3) is 3.15. The fraction of sp³-hybridized carbons (Fsp3) is 0.294. The molecule has 1 aliphatic heterocycles. The Morgan fingerprint density at radius 3 is 2.80 bits per heavy atom. The number of aromatic nitrogens is 4. The quantitative estimate of drug-likeness (QED) is 0.777. The van der Waals surface area contributed by atoms with Crippen LogP contribution in [-0.4, -0.2) is 38.7 Å². The van der Waals surface area contributed by atoms with Crippen LogP contribution in [0.25, 0.3) is 11.0 Å². The Hall–Kier alpha value is -2.67. The SMILES string of the molecule is O=C(Cn1ncc2c(N3CCCC3)ncnc21)Nc1ccccc1Cl. The summed E-state index contributed by atoms with van der Waals surface area (Å²) in [6, 6.07) is 7.13. The van der Waals surface area contributed by atoms with Gasteiger partial charge in [-0.1, -0.05) is 23.7 Å². The lowest BCUT2D eigenvalue weighted by molar-refractivity contribution is -0.116. The number of hydrogen-bond donors (Lipinski definition) is 1. The molecule has 1 fully saturated rings. The van der Waals surface area contributed by atoms with Crippen molar-refractivity contribution in [3.63, 3.8) is 0 Å². The van der Waals surface area contributed by atoms with Crippen LogP contribution in [0.15, 0.2) is 36.8 Å². The highest BCUT2D eigenvalue weighted by Crippen LogP contribution is 2.26. The van der Waals surface area contributed by atoms with Crippen LogP contribution in [0.1, 0.15) is 12.8 Å². The number of nitrogens with one attached hydrogen (secondary N) is 1. The van der Waals surface area contributed by atoms with Crippen LogP contribution < -0.4 is 10.2 Å². The summed E-state index contributed by atoms with van der Waals surface area (Å²) in [4.78, 5) is 23.3. The Kier molecular flexibility index (Phi) is 4.23. The molecule has 1 amide bonds. The number of hydrogen-bond acceptors (Lipinski definition) is 5. The van der Waals surface area contributed by atoms with Crippen molar-refractivity contribution >= 4 is 40.0 Å². The Labute approximate surface area is 149 Å². The van der Waals surface area contributed by atoms with Gasteiger partial charge in [-0.2, -0.15) is 5.10 Å². The van der Waals surface area contributed by atoms with Gasteiger partial charge >= 0.3 is 0 Å². The number of para-hydroxylation sites is 1. The zero-order valence-corrected chi connectivity index (χ0v) is 14.3. The summed E-state index contributed by atoms with van der Waals surface area (Å²) in [5.74, 6) is 0.680. The van der Waals surface area contributed by atoms with E-state index in [1.807, 2.05) is 12.1 Å². The molecule has 0 atom stereocenters. The van der Waals surface area contributed by atoms with E-state index in [4.69, 9.17) is 11.6 Å². The molecule has 1 aliphatic rings. The summed E-state index contributed by atoms with van der Waals surface area (Å²) in [5, 5.41) is 8.49. The van der Waals surface area contributed by atoms with Crippen LogP contribution in [0, 0.1) is 0 Å². The second-order valence-corrected chi connectivity index (χ2v) is 6.37. The Balaban J connectivity index is 1.57. The number of halogens is 1. The first-order valence-electron chi connectivity index (χ1n) is 8.18. The Bertz CT molecular complexity index is 918. The van der Waals surface area contributed by atoms with E-state index >= 15 is 0 Å². The molecule has 3 aromatic rings. The lowest BCUT2D eigenvalue weighted by Crippen LogP contribution is -2.21. The Morgan fingerprint density at radius 1 is 1.20 bits per heavy atom. The molecule has 1 saturated heterocycles. The fourth-order valence-corrected chi connectivity index (χ4v) is 3.25. The van der Waals surface area contributed by atoms with Crippen molar-refractivity contribution in [2.75, 3.05) is 23.3 Å². The zero-order chi connectivity index (χ0) is 17.2. The molecule has 1 N–H and O–H groups in total. The topological polar surface area (TPSA) is 75.9 Å². The number of benzene rings is 1. The van der Waals surface area contributed by atoms with Crippen molar-refractivity contribution in [1.29, 1.82) is 0 Å². The van der Waals surface area contributed by atoms with Gasteiger partial charge in [-0.05, 0) is 25.0 Å². The summed E-state index contributed by atoms with van der Waals surface area (Å²) in [6.45, 7) is 2.04. The predicted molar refractivity (Wildman–Crippen MR) is 96.9 cm³/mol. The predicted octanol–water partition coefficient (Wildman–Crippen LogP) is 2.72. The first-order valence-corrected chi connectivity index (χ1v) is 8.56. The molecule has 7 nitrogen and oxygen atoms in total. The van der Waals surface area contributed by atoms with Crippen LogP contribution in [0.4, 0.5) is 11.5 Å². The van der Waals surface area contributed by atoms with E-state index in [1.165, 1.54) is 19.2 Å². The van der Waals surface area contributed by atoms with Crippen molar-refractivity contribution in [2.45, 2.75) is 19.4 Å². The number of carbonyl (C=O) groups is 1. The maximum Gasteiger partial charge on any atom is 0.246 e. The molecule has 128 valence electrons. The highest BCUT2D eigenvalue weighted by Gasteiger charge is 2.19. The van der Waals surface area contributed by atoms with Crippen LogP contribution in [0.3, 0.4) is 0 Å². The number of anilines is 2. The van der Waals surface area contributed by atoms with Crippen molar-refractivity contribution in [2.24, 2.45) is 0 Å². The van der Waals surface area contributed by atoms with Crippen molar-refractivity contribution < 1.29 is 4.79 Å². The first kappa shape index (κ1) is 15.8. The van der Waals surface area contributed by atoms with Gasteiger partial charge in [0.2, 0.25) is 5.91 Å². The maximum absolute atomic E-state index is 12.3. The normalized spacial score (nSPS) is 14.2. The molecule has 2 aromatic heterocycles. The highest BCUT2D eigenvalue weighted by molar-refractivity contribution is 6.33. The third-order valence-corrected chi connectivity index (χ3v) is 4.59. The lowest BCUT2D eigenvalue weighted by atomic mass is 10.3. The van der Waals surface area contributed by atoms with Crippen molar-refractivity contribution in [3.05, 3.63) is 41.8 Å². The van der Waals surface area contributed by atoms with E-state index in [-0.39, 0.29) is 12.5 Å². The molecule has 0 bridgehead atoms. The monoisotopic (exact) mass is 356 g/mol. The average molecular weight is 357 g/mol.